The minimum atomic E-state index is -1.07. The SMILES string of the molecule is O=C(O)c1ccc2c(=O)n(CCO)c(=S)[nH]c2c1. The maximum Gasteiger partial charge on any atom is 0.335 e. The summed E-state index contributed by atoms with van der Waals surface area (Å²) in [4.78, 5) is 25.6. The van der Waals surface area contributed by atoms with E-state index in [2.05, 4.69) is 4.98 Å². The molecule has 94 valence electrons. The number of aliphatic hydroxyl groups is 1. The van der Waals surface area contributed by atoms with Crippen LogP contribution >= 0.6 is 12.2 Å². The Balaban J connectivity index is 2.78. The third-order valence-electron chi connectivity index (χ3n) is 2.55. The maximum atomic E-state index is 12.0. The van der Waals surface area contributed by atoms with Crippen molar-refractivity contribution in [3.05, 3.63) is 38.9 Å². The Morgan fingerprint density at radius 1 is 1.44 bits per heavy atom. The van der Waals surface area contributed by atoms with E-state index in [-0.39, 0.29) is 29.0 Å². The molecule has 7 heteroatoms. The zero-order chi connectivity index (χ0) is 13.3. The van der Waals surface area contributed by atoms with E-state index in [4.69, 9.17) is 22.4 Å². The van der Waals surface area contributed by atoms with Crippen molar-refractivity contribution < 1.29 is 15.0 Å². The molecule has 0 atom stereocenters. The highest BCUT2D eigenvalue weighted by Gasteiger charge is 2.08. The lowest BCUT2D eigenvalue weighted by atomic mass is 10.1. The van der Waals surface area contributed by atoms with Gasteiger partial charge in [-0.15, -0.1) is 0 Å². The van der Waals surface area contributed by atoms with Gasteiger partial charge in [0.2, 0.25) is 0 Å². The predicted molar refractivity (Wildman–Crippen MR) is 67.4 cm³/mol. The Bertz CT molecular complexity index is 732. The quantitative estimate of drug-likeness (QED) is 0.712. The predicted octanol–water partition coefficient (Wildman–Crippen LogP) is 0.750. The lowest BCUT2D eigenvalue weighted by Crippen LogP contribution is -2.23. The largest absolute Gasteiger partial charge is 0.478 e. The van der Waals surface area contributed by atoms with Crippen LogP contribution in [0.15, 0.2) is 23.0 Å². The van der Waals surface area contributed by atoms with Gasteiger partial charge in [0.15, 0.2) is 4.77 Å². The number of nitrogens with one attached hydrogen (secondary N) is 1. The lowest BCUT2D eigenvalue weighted by Gasteiger charge is -2.06. The first-order valence-electron chi connectivity index (χ1n) is 5.15. The number of aliphatic hydroxyl groups excluding tert-OH is 1. The van der Waals surface area contributed by atoms with Gasteiger partial charge in [-0.05, 0) is 30.4 Å². The molecule has 3 N–H and O–H groups in total. The number of rotatable bonds is 3. The van der Waals surface area contributed by atoms with Gasteiger partial charge in [-0.1, -0.05) is 0 Å². The van der Waals surface area contributed by atoms with Crippen molar-refractivity contribution in [1.82, 2.24) is 9.55 Å². The van der Waals surface area contributed by atoms with Gasteiger partial charge < -0.3 is 15.2 Å². The highest BCUT2D eigenvalue weighted by Crippen LogP contribution is 2.10. The first-order valence-corrected chi connectivity index (χ1v) is 5.56. The Hall–Kier alpha value is -1.99. The highest BCUT2D eigenvalue weighted by molar-refractivity contribution is 7.71. The fourth-order valence-corrected chi connectivity index (χ4v) is 1.97. The van der Waals surface area contributed by atoms with Crippen LogP contribution in [0.25, 0.3) is 10.9 Å². The maximum absolute atomic E-state index is 12.0. The number of nitrogens with zero attached hydrogens (tertiary/aromatic N) is 1. The van der Waals surface area contributed by atoms with E-state index in [0.29, 0.717) is 10.9 Å². The van der Waals surface area contributed by atoms with Crippen molar-refractivity contribution in [2.24, 2.45) is 0 Å². The van der Waals surface area contributed by atoms with Crippen LogP contribution in [0.1, 0.15) is 10.4 Å². The smallest absolute Gasteiger partial charge is 0.335 e. The molecule has 0 radical (unpaired) electrons. The molecule has 0 aliphatic heterocycles. The van der Waals surface area contributed by atoms with Crippen molar-refractivity contribution in [2.75, 3.05) is 6.61 Å². The molecule has 2 aromatic rings. The topological polar surface area (TPSA) is 95.3 Å². The summed E-state index contributed by atoms with van der Waals surface area (Å²) in [6.07, 6.45) is 0. The van der Waals surface area contributed by atoms with Crippen LogP contribution in [0.2, 0.25) is 0 Å². The second kappa shape index (κ2) is 4.71. The summed E-state index contributed by atoms with van der Waals surface area (Å²) >= 11 is 4.99. The van der Waals surface area contributed by atoms with Crippen molar-refractivity contribution >= 4 is 29.1 Å². The number of aromatic carboxylic acids is 1. The van der Waals surface area contributed by atoms with Crippen LogP contribution in [0.5, 0.6) is 0 Å². The molecular formula is C11H10N2O4S. The first kappa shape index (κ1) is 12.5. The third kappa shape index (κ3) is 2.05. The number of benzene rings is 1. The molecule has 0 spiro atoms. The van der Waals surface area contributed by atoms with Crippen LogP contribution in [-0.4, -0.2) is 32.3 Å². The van der Waals surface area contributed by atoms with Crippen LogP contribution < -0.4 is 5.56 Å². The van der Waals surface area contributed by atoms with Crippen LogP contribution in [0.4, 0.5) is 0 Å². The standard InChI is InChI=1S/C11H10N2O4S/c14-4-3-13-9(15)7-2-1-6(10(16)17)5-8(7)12-11(13)18/h1-2,5,14H,3-4H2,(H,12,18)(H,16,17). The zero-order valence-electron chi connectivity index (χ0n) is 9.21. The zero-order valence-corrected chi connectivity index (χ0v) is 10.0. The van der Waals surface area contributed by atoms with Gasteiger partial charge in [-0.25, -0.2) is 4.79 Å². The summed E-state index contributed by atoms with van der Waals surface area (Å²) in [5.41, 5.74) is 0.103. The first-order chi connectivity index (χ1) is 8.54. The fourth-order valence-electron chi connectivity index (χ4n) is 1.69. The monoisotopic (exact) mass is 266 g/mol. The summed E-state index contributed by atoms with van der Waals surface area (Å²) < 4.78 is 1.39. The fraction of sp³-hybridized carbons (Fsp3) is 0.182. The van der Waals surface area contributed by atoms with Crippen molar-refractivity contribution in [2.45, 2.75) is 6.54 Å². The number of aromatic amines is 1. The molecule has 1 aromatic carbocycles. The van der Waals surface area contributed by atoms with Crippen molar-refractivity contribution in [3.63, 3.8) is 0 Å². The molecular weight excluding hydrogens is 256 g/mol. The van der Waals surface area contributed by atoms with Crippen LogP contribution in [0.3, 0.4) is 0 Å². The number of hydrogen-bond donors (Lipinski definition) is 3. The summed E-state index contributed by atoms with van der Waals surface area (Å²) in [6.45, 7) is -0.0963. The van der Waals surface area contributed by atoms with E-state index < -0.39 is 5.97 Å². The minimum Gasteiger partial charge on any atom is -0.478 e. The Morgan fingerprint density at radius 3 is 2.78 bits per heavy atom. The van der Waals surface area contributed by atoms with Crippen molar-refractivity contribution in [1.29, 1.82) is 0 Å². The second-order valence-electron chi connectivity index (χ2n) is 3.68. The molecule has 0 amide bonds. The molecule has 0 saturated heterocycles. The molecule has 1 heterocycles. The highest BCUT2D eigenvalue weighted by atomic mass is 32.1. The third-order valence-corrected chi connectivity index (χ3v) is 2.87. The number of H-pyrrole nitrogens is 1. The van der Waals surface area contributed by atoms with E-state index in [9.17, 15) is 9.59 Å². The van der Waals surface area contributed by atoms with E-state index in [1.807, 2.05) is 0 Å². The van der Waals surface area contributed by atoms with Crippen molar-refractivity contribution in [3.8, 4) is 0 Å². The van der Waals surface area contributed by atoms with Gasteiger partial charge in [0, 0.05) is 0 Å². The molecule has 0 unspecified atom stereocenters. The Morgan fingerprint density at radius 2 is 2.17 bits per heavy atom. The molecule has 6 nitrogen and oxygen atoms in total. The lowest BCUT2D eigenvalue weighted by molar-refractivity contribution is 0.0697. The summed E-state index contributed by atoms with van der Waals surface area (Å²) in [5.74, 6) is -1.07. The van der Waals surface area contributed by atoms with Gasteiger partial charge in [0.25, 0.3) is 5.56 Å². The number of hydrogen-bond acceptors (Lipinski definition) is 4. The molecule has 18 heavy (non-hydrogen) atoms. The van der Waals surface area contributed by atoms with Crippen LogP contribution in [-0.2, 0) is 6.54 Å². The number of carboxylic acid groups (broad SMARTS) is 1. The van der Waals surface area contributed by atoms with Gasteiger partial charge >= 0.3 is 5.97 Å². The average molecular weight is 266 g/mol. The average Bonchev–Trinajstić information content (AvgIpc) is 2.33. The molecule has 0 aliphatic carbocycles. The van der Waals surface area contributed by atoms with E-state index in [1.54, 1.807) is 0 Å². The number of fused-ring (bicyclic) bond motifs is 1. The van der Waals surface area contributed by atoms with Crippen LogP contribution in [0, 0.1) is 4.77 Å². The number of carbonyl (C=O) groups is 1. The van der Waals surface area contributed by atoms with E-state index >= 15 is 0 Å². The molecule has 0 fully saturated rings. The van der Waals surface area contributed by atoms with Gasteiger partial charge in [-0.2, -0.15) is 0 Å². The summed E-state index contributed by atoms with van der Waals surface area (Å²) in [6, 6.07) is 4.14. The molecule has 1 aromatic heterocycles. The Kier molecular flexibility index (Phi) is 3.26. The number of carboxylic acids is 1. The van der Waals surface area contributed by atoms with E-state index in [1.165, 1.54) is 22.8 Å². The summed E-state index contributed by atoms with van der Waals surface area (Å²) in [5, 5.41) is 18.1. The Labute approximate surface area is 106 Å². The molecule has 0 aliphatic rings. The molecule has 0 bridgehead atoms. The summed E-state index contributed by atoms with van der Waals surface area (Å²) in [7, 11) is 0. The second-order valence-corrected chi connectivity index (χ2v) is 4.06. The van der Waals surface area contributed by atoms with Gasteiger partial charge in [0.05, 0.1) is 29.6 Å². The normalized spacial score (nSPS) is 10.7. The molecule has 2 rings (SSSR count). The van der Waals surface area contributed by atoms with Gasteiger partial charge in [-0.3, -0.25) is 9.36 Å². The number of aromatic nitrogens is 2. The van der Waals surface area contributed by atoms with E-state index in [0.717, 1.165) is 0 Å². The van der Waals surface area contributed by atoms with Gasteiger partial charge in [0.1, 0.15) is 0 Å². The molecule has 0 saturated carbocycles. The minimum absolute atomic E-state index is 0.0764.